The van der Waals surface area contributed by atoms with Crippen molar-refractivity contribution in [1.82, 2.24) is 0 Å². The smallest absolute Gasteiger partial charge is 0.137 e. The Morgan fingerprint density at radius 1 is 1.05 bits per heavy atom. The molecular weight excluding hydrogens is 469 g/mol. The molecule has 112 valence electrons. The van der Waals surface area contributed by atoms with Crippen LogP contribution < -0.4 is 10.1 Å². The van der Waals surface area contributed by atoms with E-state index in [4.69, 9.17) is 4.74 Å². The number of ether oxygens (including phenoxy) is 1. The number of methoxy groups -OCH3 is 1. The molecular formula is C15H13Br3FNO. The molecule has 1 unspecified atom stereocenters. The average molecular weight is 482 g/mol. The lowest BCUT2D eigenvalue weighted by Crippen LogP contribution is -2.07. The van der Waals surface area contributed by atoms with Crippen LogP contribution in [0.15, 0.2) is 43.7 Å². The molecule has 2 nitrogen and oxygen atoms in total. The van der Waals surface area contributed by atoms with E-state index in [0.717, 1.165) is 25.9 Å². The number of nitrogens with one attached hydrogen (secondary N) is 1. The second kappa shape index (κ2) is 7.11. The van der Waals surface area contributed by atoms with Gasteiger partial charge in [0.1, 0.15) is 11.6 Å². The molecule has 21 heavy (non-hydrogen) atoms. The predicted molar refractivity (Wildman–Crippen MR) is 94.5 cm³/mol. The summed E-state index contributed by atoms with van der Waals surface area (Å²) < 4.78 is 20.9. The monoisotopic (exact) mass is 479 g/mol. The highest BCUT2D eigenvalue weighted by Crippen LogP contribution is 2.36. The molecule has 0 fully saturated rings. The number of rotatable bonds is 4. The third-order valence-electron chi connectivity index (χ3n) is 3.06. The minimum absolute atomic E-state index is 0.0177. The van der Waals surface area contributed by atoms with Crippen LogP contribution in [0.2, 0.25) is 0 Å². The van der Waals surface area contributed by atoms with Gasteiger partial charge in [-0.25, -0.2) is 4.39 Å². The van der Waals surface area contributed by atoms with E-state index in [-0.39, 0.29) is 11.9 Å². The maximum Gasteiger partial charge on any atom is 0.137 e. The maximum atomic E-state index is 13.3. The first-order valence-corrected chi connectivity index (χ1v) is 8.54. The van der Waals surface area contributed by atoms with Gasteiger partial charge in [0.25, 0.3) is 0 Å². The van der Waals surface area contributed by atoms with Crippen molar-refractivity contribution in [1.29, 1.82) is 0 Å². The first kappa shape index (κ1) is 16.8. The molecule has 0 spiro atoms. The van der Waals surface area contributed by atoms with Gasteiger partial charge in [-0.15, -0.1) is 0 Å². The first-order valence-electron chi connectivity index (χ1n) is 6.17. The second-order valence-electron chi connectivity index (χ2n) is 4.51. The highest BCUT2D eigenvalue weighted by Gasteiger charge is 2.12. The normalized spacial score (nSPS) is 12.1. The van der Waals surface area contributed by atoms with Crippen LogP contribution in [0.1, 0.15) is 18.5 Å². The zero-order valence-electron chi connectivity index (χ0n) is 11.4. The molecule has 0 saturated carbocycles. The van der Waals surface area contributed by atoms with Crippen LogP contribution in [0.5, 0.6) is 5.75 Å². The standard InChI is InChI=1S/C15H13Br3FNO/c1-8(9-3-4-13(19)10(16)5-9)20-14-7-15(21-2)12(18)6-11(14)17/h3-8,20H,1-2H3. The van der Waals surface area contributed by atoms with Crippen molar-refractivity contribution in [2.24, 2.45) is 0 Å². The number of anilines is 1. The molecule has 2 rings (SSSR count). The van der Waals surface area contributed by atoms with Gasteiger partial charge in [-0.05, 0) is 78.5 Å². The lowest BCUT2D eigenvalue weighted by Gasteiger charge is -2.18. The van der Waals surface area contributed by atoms with Gasteiger partial charge in [0.15, 0.2) is 0 Å². The van der Waals surface area contributed by atoms with E-state index < -0.39 is 0 Å². The Bertz CT molecular complexity index is 664. The summed E-state index contributed by atoms with van der Waals surface area (Å²) in [5, 5.41) is 3.38. The van der Waals surface area contributed by atoms with Crippen LogP contribution in [-0.2, 0) is 0 Å². The summed E-state index contributed by atoms with van der Waals surface area (Å²) in [5.41, 5.74) is 1.89. The number of benzene rings is 2. The van der Waals surface area contributed by atoms with E-state index in [9.17, 15) is 4.39 Å². The van der Waals surface area contributed by atoms with Crippen molar-refractivity contribution in [2.75, 3.05) is 12.4 Å². The predicted octanol–water partition coefficient (Wildman–Crippen LogP) is 6.29. The molecule has 2 aromatic carbocycles. The largest absolute Gasteiger partial charge is 0.495 e. The molecule has 6 heteroatoms. The molecule has 1 atom stereocenters. The summed E-state index contributed by atoms with van der Waals surface area (Å²) in [4.78, 5) is 0. The Hall–Kier alpha value is -0.590. The van der Waals surface area contributed by atoms with E-state index >= 15 is 0 Å². The van der Waals surface area contributed by atoms with Gasteiger partial charge in [0, 0.05) is 16.6 Å². The number of halogens is 4. The molecule has 0 radical (unpaired) electrons. The first-order chi connectivity index (χ1) is 9.92. The summed E-state index contributed by atoms with van der Waals surface area (Å²) >= 11 is 10.2. The van der Waals surface area contributed by atoms with Gasteiger partial charge in [0.2, 0.25) is 0 Å². The molecule has 0 bridgehead atoms. The quantitative estimate of drug-likeness (QED) is 0.553. The topological polar surface area (TPSA) is 21.3 Å². The zero-order valence-corrected chi connectivity index (χ0v) is 16.1. The number of hydrogen-bond donors (Lipinski definition) is 1. The van der Waals surface area contributed by atoms with Crippen LogP contribution in [0, 0.1) is 5.82 Å². The van der Waals surface area contributed by atoms with Gasteiger partial charge >= 0.3 is 0 Å². The second-order valence-corrected chi connectivity index (χ2v) is 7.07. The van der Waals surface area contributed by atoms with Gasteiger partial charge in [-0.2, -0.15) is 0 Å². The summed E-state index contributed by atoms with van der Waals surface area (Å²) in [6, 6.07) is 8.84. The molecule has 1 N–H and O–H groups in total. The van der Waals surface area contributed by atoms with Crippen molar-refractivity contribution in [3.05, 3.63) is 55.1 Å². The Kier molecular flexibility index (Phi) is 5.68. The van der Waals surface area contributed by atoms with Crippen LogP contribution in [-0.4, -0.2) is 7.11 Å². The van der Waals surface area contributed by atoms with Crippen molar-refractivity contribution in [2.45, 2.75) is 13.0 Å². The van der Waals surface area contributed by atoms with Gasteiger partial charge in [0.05, 0.1) is 21.7 Å². The van der Waals surface area contributed by atoms with E-state index in [0.29, 0.717) is 4.47 Å². The Balaban J connectivity index is 2.26. The Labute approximate surface area is 148 Å². The minimum atomic E-state index is -0.266. The lowest BCUT2D eigenvalue weighted by molar-refractivity contribution is 0.412. The van der Waals surface area contributed by atoms with Crippen LogP contribution in [0.25, 0.3) is 0 Å². The number of hydrogen-bond acceptors (Lipinski definition) is 2. The SMILES string of the molecule is COc1cc(NC(C)c2ccc(F)c(Br)c2)c(Br)cc1Br. The highest BCUT2D eigenvalue weighted by molar-refractivity contribution is 9.11. The average Bonchev–Trinajstić information content (AvgIpc) is 2.44. The fourth-order valence-electron chi connectivity index (χ4n) is 1.89. The molecule has 0 aliphatic carbocycles. The van der Waals surface area contributed by atoms with E-state index in [1.807, 2.05) is 19.1 Å². The summed E-state index contributed by atoms with van der Waals surface area (Å²) in [6.07, 6.45) is 0. The molecule has 0 aliphatic rings. The summed E-state index contributed by atoms with van der Waals surface area (Å²) in [6.45, 7) is 2.01. The van der Waals surface area contributed by atoms with Crippen molar-refractivity contribution >= 4 is 53.5 Å². The zero-order chi connectivity index (χ0) is 15.6. The van der Waals surface area contributed by atoms with E-state index in [1.54, 1.807) is 19.2 Å². The molecule has 0 aliphatic heterocycles. The van der Waals surface area contributed by atoms with Crippen molar-refractivity contribution in [3.63, 3.8) is 0 Å². The van der Waals surface area contributed by atoms with E-state index in [2.05, 4.69) is 53.1 Å². The molecule has 0 amide bonds. The fraction of sp³-hybridized carbons (Fsp3) is 0.200. The van der Waals surface area contributed by atoms with Crippen LogP contribution in [0.3, 0.4) is 0 Å². The fourth-order valence-corrected chi connectivity index (χ4v) is 3.56. The third kappa shape index (κ3) is 3.99. The maximum absolute atomic E-state index is 13.3. The summed E-state index contributed by atoms with van der Waals surface area (Å²) in [5.74, 6) is 0.477. The summed E-state index contributed by atoms with van der Waals surface area (Å²) in [7, 11) is 1.62. The molecule has 0 aromatic heterocycles. The van der Waals surface area contributed by atoms with Crippen molar-refractivity contribution in [3.8, 4) is 5.75 Å². The third-order valence-corrected chi connectivity index (χ3v) is 4.94. The Morgan fingerprint density at radius 3 is 2.38 bits per heavy atom. The van der Waals surface area contributed by atoms with Crippen LogP contribution in [0.4, 0.5) is 10.1 Å². The molecule has 0 heterocycles. The Morgan fingerprint density at radius 2 is 1.76 bits per heavy atom. The van der Waals surface area contributed by atoms with Gasteiger partial charge < -0.3 is 10.1 Å². The minimum Gasteiger partial charge on any atom is -0.495 e. The lowest BCUT2D eigenvalue weighted by atomic mass is 10.1. The van der Waals surface area contributed by atoms with E-state index in [1.165, 1.54) is 6.07 Å². The molecule has 2 aromatic rings. The van der Waals surface area contributed by atoms with Gasteiger partial charge in [-0.1, -0.05) is 6.07 Å². The highest BCUT2D eigenvalue weighted by atomic mass is 79.9. The van der Waals surface area contributed by atoms with Gasteiger partial charge in [-0.3, -0.25) is 0 Å². The molecule has 0 saturated heterocycles. The van der Waals surface area contributed by atoms with Crippen molar-refractivity contribution < 1.29 is 9.13 Å². The van der Waals surface area contributed by atoms with Crippen LogP contribution >= 0.6 is 47.8 Å².